The number of rotatable bonds is 8. The van der Waals surface area contributed by atoms with Crippen LogP contribution in [-0.4, -0.2) is 29.3 Å². The van der Waals surface area contributed by atoms with E-state index < -0.39 is 0 Å². The second kappa shape index (κ2) is 8.25. The van der Waals surface area contributed by atoms with E-state index in [2.05, 4.69) is 6.92 Å². The van der Waals surface area contributed by atoms with E-state index in [4.69, 9.17) is 15.6 Å². The number of ether oxygens (including phenoxy) is 1. The molecule has 0 amide bonds. The number of nitrogen functional groups attached to an aromatic ring is 1. The van der Waals surface area contributed by atoms with Crippen molar-refractivity contribution in [3.63, 3.8) is 0 Å². The predicted octanol–water partition coefficient (Wildman–Crippen LogP) is 2.54. The molecule has 96 valence electrons. The van der Waals surface area contributed by atoms with Crippen LogP contribution in [0.1, 0.15) is 19.8 Å². The molecule has 3 nitrogen and oxygen atoms in total. The Morgan fingerprint density at radius 3 is 3.00 bits per heavy atom. The van der Waals surface area contributed by atoms with Crippen molar-refractivity contribution in [1.29, 1.82) is 0 Å². The minimum Gasteiger partial charge on any atom is -0.493 e. The molecule has 0 radical (unpaired) electrons. The first kappa shape index (κ1) is 14.2. The van der Waals surface area contributed by atoms with Gasteiger partial charge in [-0.3, -0.25) is 0 Å². The molecular weight excluding hydrogens is 234 g/mol. The van der Waals surface area contributed by atoms with Crippen LogP contribution in [0.15, 0.2) is 24.3 Å². The first-order chi connectivity index (χ1) is 8.22. The summed E-state index contributed by atoms with van der Waals surface area (Å²) in [7, 11) is 0. The van der Waals surface area contributed by atoms with Gasteiger partial charge in [-0.2, -0.15) is 11.8 Å². The molecule has 0 bridgehead atoms. The van der Waals surface area contributed by atoms with Crippen LogP contribution in [0.4, 0.5) is 5.69 Å². The van der Waals surface area contributed by atoms with Crippen molar-refractivity contribution < 1.29 is 9.84 Å². The van der Waals surface area contributed by atoms with Gasteiger partial charge in [0.1, 0.15) is 5.75 Å². The second-order valence-corrected chi connectivity index (χ2v) is 5.51. The number of thioether (sulfide) groups is 1. The summed E-state index contributed by atoms with van der Waals surface area (Å²) in [4.78, 5) is 0. The molecule has 0 spiro atoms. The molecule has 1 unspecified atom stereocenters. The molecule has 0 aliphatic rings. The third-order valence-corrected chi connectivity index (χ3v) is 3.68. The van der Waals surface area contributed by atoms with Gasteiger partial charge in [-0.15, -0.1) is 0 Å². The normalized spacial score (nSPS) is 12.4. The van der Waals surface area contributed by atoms with Crippen molar-refractivity contribution in [3.05, 3.63) is 24.3 Å². The maximum Gasteiger partial charge on any atom is 0.121 e. The molecule has 1 rings (SSSR count). The number of hydrogen-bond donors (Lipinski definition) is 2. The Bertz CT molecular complexity index is 320. The van der Waals surface area contributed by atoms with E-state index in [9.17, 15) is 0 Å². The predicted molar refractivity (Wildman–Crippen MR) is 74.6 cm³/mol. The Hall–Kier alpha value is -0.870. The zero-order chi connectivity index (χ0) is 12.5. The van der Waals surface area contributed by atoms with E-state index in [0.29, 0.717) is 11.9 Å². The maximum absolute atomic E-state index is 8.76. The molecule has 0 aromatic heterocycles. The van der Waals surface area contributed by atoms with Crippen molar-refractivity contribution in [2.45, 2.75) is 25.0 Å². The van der Waals surface area contributed by atoms with Crippen LogP contribution < -0.4 is 10.5 Å². The first-order valence-electron chi connectivity index (χ1n) is 5.93. The Morgan fingerprint density at radius 1 is 1.47 bits per heavy atom. The van der Waals surface area contributed by atoms with Crippen LogP contribution in [0.25, 0.3) is 0 Å². The standard InChI is InChI=1S/C13H21NO2S/c1-11(6-7-15)17-9-3-8-16-13-5-2-4-12(14)10-13/h2,4-5,10-11,15H,3,6-9,14H2,1H3. The van der Waals surface area contributed by atoms with Crippen LogP contribution in [-0.2, 0) is 0 Å². The highest BCUT2D eigenvalue weighted by Crippen LogP contribution is 2.17. The molecule has 3 N–H and O–H groups in total. The van der Waals surface area contributed by atoms with Crippen molar-refractivity contribution in [2.75, 3.05) is 24.7 Å². The lowest BCUT2D eigenvalue weighted by molar-refractivity contribution is 0.288. The summed E-state index contributed by atoms with van der Waals surface area (Å²) in [5.41, 5.74) is 6.38. The molecule has 1 atom stereocenters. The summed E-state index contributed by atoms with van der Waals surface area (Å²) in [5, 5.41) is 9.28. The zero-order valence-electron chi connectivity index (χ0n) is 10.3. The zero-order valence-corrected chi connectivity index (χ0v) is 11.1. The quantitative estimate of drug-likeness (QED) is 0.553. The van der Waals surface area contributed by atoms with E-state index in [-0.39, 0.29) is 6.61 Å². The molecule has 0 aliphatic heterocycles. The minimum absolute atomic E-state index is 0.272. The molecule has 17 heavy (non-hydrogen) atoms. The average molecular weight is 255 g/mol. The van der Waals surface area contributed by atoms with Gasteiger partial charge in [-0.25, -0.2) is 0 Å². The summed E-state index contributed by atoms with van der Waals surface area (Å²) in [5.74, 6) is 1.89. The molecule has 4 heteroatoms. The number of aliphatic hydroxyl groups is 1. The Labute approximate surface area is 107 Å². The van der Waals surface area contributed by atoms with Gasteiger partial charge in [0.2, 0.25) is 0 Å². The third-order valence-electron chi connectivity index (χ3n) is 2.35. The Morgan fingerprint density at radius 2 is 2.29 bits per heavy atom. The smallest absolute Gasteiger partial charge is 0.121 e. The van der Waals surface area contributed by atoms with Crippen LogP contribution in [0.5, 0.6) is 5.75 Å². The van der Waals surface area contributed by atoms with Gasteiger partial charge in [0.05, 0.1) is 6.61 Å². The fourth-order valence-electron chi connectivity index (χ4n) is 1.40. The van der Waals surface area contributed by atoms with Crippen molar-refractivity contribution >= 4 is 17.4 Å². The number of aliphatic hydroxyl groups excluding tert-OH is 1. The van der Waals surface area contributed by atoms with Gasteiger partial charge < -0.3 is 15.6 Å². The first-order valence-corrected chi connectivity index (χ1v) is 6.98. The van der Waals surface area contributed by atoms with E-state index in [1.54, 1.807) is 0 Å². The highest BCUT2D eigenvalue weighted by Gasteiger charge is 2.01. The molecule has 0 saturated carbocycles. The Balaban J connectivity index is 2.08. The monoisotopic (exact) mass is 255 g/mol. The lowest BCUT2D eigenvalue weighted by Crippen LogP contribution is -2.03. The summed E-state index contributed by atoms with van der Waals surface area (Å²) < 4.78 is 5.59. The van der Waals surface area contributed by atoms with Crippen LogP contribution >= 0.6 is 11.8 Å². The Kier molecular flexibility index (Phi) is 6.89. The summed E-state index contributed by atoms with van der Waals surface area (Å²) >= 11 is 1.87. The lowest BCUT2D eigenvalue weighted by atomic mass is 10.3. The summed E-state index contributed by atoms with van der Waals surface area (Å²) in [6.07, 6.45) is 1.87. The van der Waals surface area contributed by atoms with Gasteiger partial charge in [0.15, 0.2) is 0 Å². The van der Waals surface area contributed by atoms with Crippen molar-refractivity contribution in [2.24, 2.45) is 0 Å². The number of nitrogens with two attached hydrogens (primary N) is 1. The molecular formula is C13H21NO2S. The van der Waals surface area contributed by atoms with Gasteiger partial charge in [0, 0.05) is 23.6 Å². The van der Waals surface area contributed by atoms with Crippen molar-refractivity contribution in [3.8, 4) is 5.75 Å². The van der Waals surface area contributed by atoms with Crippen LogP contribution in [0.2, 0.25) is 0 Å². The molecule has 0 heterocycles. The van der Waals surface area contributed by atoms with Crippen molar-refractivity contribution in [1.82, 2.24) is 0 Å². The lowest BCUT2D eigenvalue weighted by Gasteiger charge is -2.10. The van der Waals surface area contributed by atoms with Crippen LogP contribution in [0.3, 0.4) is 0 Å². The fraction of sp³-hybridized carbons (Fsp3) is 0.538. The average Bonchev–Trinajstić information content (AvgIpc) is 2.29. The number of benzene rings is 1. The van der Waals surface area contributed by atoms with Gasteiger partial charge in [0.25, 0.3) is 0 Å². The third kappa shape index (κ3) is 6.44. The van der Waals surface area contributed by atoms with Gasteiger partial charge in [-0.05, 0) is 30.7 Å². The van der Waals surface area contributed by atoms with Gasteiger partial charge in [-0.1, -0.05) is 13.0 Å². The minimum atomic E-state index is 0.272. The van der Waals surface area contributed by atoms with E-state index in [1.165, 1.54) is 0 Å². The molecule has 0 fully saturated rings. The molecule has 0 saturated heterocycles. The highest BCUT2D eigenvalue weighted by atomic mass is 32.2. The maximum atomic E-state index is 8.76. The van der Waals surface area contributed by atoms with E-state index in [0.717, 1.165) is 30.0 Å². The summed E-state index contributed by atoms with van der Waals surface area (Å²) in [6, 6.07) is 7.49. The van der Waals surface area contributed by atoms with E-state index >= 15 is 0 Å². The fourth-order valence-corrected chi connectivity index (χ4v) is 2.36. The molecule has 0 aliphatic carbocycles. The van der Waals surface area contributed by atoms with Crippen LogP contribution in [0, 0.1) is 0 Å². The number of hydrogen-bond acceptors (Lipinski definition) is 4. The number of anilines is 1. The second-order valence-electron chi connectivity index (χ2n) is 3.97. The molecule has 1 aromatic rings. The summed E-state index contributed by atoms with van der Waals surface area (Å²) in [6.45, 7) is 3.12. The topological polar surface area (TPSA) is 55.5 Å². The van der Waals surface area contributed by atoms with E-state index in [1.807, 2.05) is 36.0 Å². The molecule has 1 aromatic carbocycles. The van der Waals surface area contributed by atoms with Gasteiger partial charge >= 0.3 is 0 Å². The largest absolute Gasteiger partial charge is 0.493 e. The SMILES string of the molecule is CC(CCO)SCCCOc1cccc(N)c1. The highest BCUT2D eigenvalue weighted by molar-refractivity contribution is 7.99.